The highest BCUT2D eigenvalue weighted by Gasteiger charge is 2.14. The summed E-state index contributed by atoms with van der Waals surface area (Å²) in [6.45, 7) is 4.16. The van der Waals surface area contributed by atoms with E-state index in [-0.39, 0.29) is 5.82 Å². The zero-order chi connectivity index (χ0) is 15.7. The number of aryl methyl sites for hydroxylation is 2. The maximum atomic E-state index is 9.37. The third kappa shape index (κ3) is 2.47. The molecule has 0 saturated carbocycles. The summed E-state index contributed by atoms with van der Waals surface area (Å²) in [5.41, 5.74) is 11.6. The average Bonchev–Trinajstić information content (AvgIpc) is 3.03. The molecule has 2 N–H and O–H groups in total. The molecule has 0 fully saturated rings. The van der Waals surface area contributed by atoms with Crippen molar-refractivity contribution in [2.45, 2.75) is 13.8 Å². The maximum Gasteiger partial charge on any atom is 0.142 e. The molecule has 108 valence electrons. The molecule has 3 aromatic rings. The van der Waals surface area contributed by atoms with Crippen LogP contribution in [-0.4, -0.2) is 4.98 Å². The van der Waals surface area contributed by atoms with Crippen LogP contribution in [0.2, 0.25) is 0 Å². The van der Waals surface area contributed by atoms with E-state index in [1.165, 1.54) is 11.1 Å². The molecule has 0 unspecified atom stereocenters. The summed E-state index contributed by atoms with van der Waals surface area (Å²) in [5, 5.41) is 11.4. The third-order valence-corrected chi connectivity index (χ3v) is 4.65. The van der Waals surface area contributed by atoms with Crippen molar-refractivity contribution in [3.8, 4) is 27.8 Å². The predicted molar refractivity (Wildman–Crippen MR) is 91.6 cm³/mol. The number of hydrogen-bond donors (Lipinski definition) is 1. The van der Waals surface area contributed by atoms with E-state index in [4.69, 9.17) is 5.73 Å². The molecule has 2 heterocycles. The Bertz CT molecular complexity index is 874. The van der Waals surface area contributed by atoms with E-state index in [1.807, 2.05) is 29.6 Å². The minimum atomic E-state index is 0.279. The second kappa shape index (κ2) is 5.63. The quantitative estimate of drug-likeness (QED) is 0.755. The van der Waals surface area contributed by atoms with Crippen molar-refractivity contribution in [2.75, 3.05) is 5.73 Å². The van der Waals surface area contributed by atoms with Crippen LogP contribution in [0.1, 0.15) is 16.7 Å². The van der Waals surface area contributed by atoms with Gasteiger partial charge in [0.2, 0.25) is 0 Å². The van der Waals surface area contributed by atoms with Crippen molar-refractivity contribution < 1.29 is 0 Å². The van der Waals surface area contributed by atoms with Crippen molar-refractivity contribution in [1.29, 1.82) is 5.26 Å². The number of pyridine rings is 1. The lowest BCUT2D eigenvalue weighted by Gasteiger charge is -2.10. The Morgan fingerprint density at radius 3 is 2.59 bits per heavy atom. The largest absolute Gasteiger partial charge is 0.383 e. The smallest absolute Gasteiger partial charge is 0.142 e. The molecule has 0 atom stereocenters. The number of nitrogens with zero attached hydrogens (tertiary/aromatic N) is 2. The van der Waals surface area contributed by atoms with Crippen LogP contribution in [0.4, 0.5) is 5.82 Å². The van der Waals surface area contributed by atoms with Crippen LogP contribution >= 0.6 is 11.3 Å². The van der Waals surface area contributed by atoms with E-state index < -0.39 is 0 Å². The van der Waals surface area contributed by atoms with Gasteiger partial charge in [-0.25, -0.2) is 4.98 Å². The van der Waals surface area contributed by atoms with Gasteiger partial charge >= 0.3 is 0 Å². The molecule has 2 aromatic heterocycles. The molecule has 0 saturated heterocycles. The summed E-state index contributed by atoms with van der Waals surface area (Å²) < 4.78 is 0. The standard InChI is InChI=1S/C18H15N3S/c1-11-5-6-13(8-12(11)2)16-9-14(17-4-3-7-22-17)15(10-19)18(20)21-16/h3-9H,1-2H3,(H2,20,21). The van der Waals surface area contributed by atoms with E-state index in [0.29, 0.717) is 5.56 Å². The number of benzene rings is 1. The van der Waals surface area contributed by atoms with E-state index >= 15 is 0 Å². The Morgan fingerprint density at radius 2 is 1.95 bits per heavy atom. The second-order valence-electron chi connectivity index (χ2n) is 5.20. The van der Waals surface area contributed by atoms with Crippen LogP contribution in [-0.2, 0) is 0 Å². The minimum Gasteiger partial charge on any atom is -0.383 e. The Balaban J connectivity index is 2.22. The summed E-state index contributed by atoms with van der Waals surface area (Å²) in [4.78, 5) is 5.44. The second-order valence-corrected chi connectivity index (χ2v) is 6.15. The summed E-state index contributed by atoms with van der Waals surface area (Å²) in [5.74, 6) is 0.279. The highest BCUT2D eigenvalue weighted by atomic mass is 32.1. The number of nitrogens with two attached hydrogens (primary N) is 1. The SMILES string of the molecule is Cc1ccc(-c2cc(-c3cccs3)c(C#N)c(N)n2)cc1C. The number of thiophene rings is 1. The summed E-state index contributed by atoms with van der Waals surface area (Å²) in [6, 6.07) is 14.3. The fourth-order valence-electron chi connectivity index (χ4n) is 2.36. The van der Waals surface area contributed by atoms with Crippen LogP contribution in [0.5, 0.6) is 0 Å². The average molecular weight is 305 g/mol. The Hall–Kier alpha value is -2.64. The number of nitriles is 1. The lowest BCUT2D eigenvalue weighted by Crippen LogP contribution is -1.99. The molecule has 0 amide bonds. The predicted octanol–water partition coefficient (Wildman–Crippen LogP) is 4.55. The lowest BCUT2D eigenvalue weighted by atomic mass is 10.0. The molecule has 3 rings (SSSR count). The van der Waals surface area contributed by atoms with Gasteiger partial charge in [0.1, 0.15) is 17.5 Å². The number of hydrogen-bond acceptors (Lipinski definition) is 4. The lowest BCUT2D eigenvalue weighted by molar-refractivity contribution is 1.29. The Morgan fingerprint density at radius 1 is 1.14 bits per heavy atom. The van der Waals surface area contributed by atoms with E-state index in [9.17, 15) is 5.26 Å². The van der Waals surface area contributed by atoms with Gasteiger partial charge in [0.05, 0.1) is 5.69 Å². The monoisotopic (exact) mass is 305 g/mol. The van der Waals surface area contributed by atoms with Crippen molar-refractivity contribution in [3.05, 3.63) is 58.5 Å². The van der Waals surface area contributed by atoms with E-state index in [0.717, 1.165) is 21.7 Å². The molecule has 0 radical (unpaired) electrons. The number of anilines is 1. The summed E-state index contributed by atoms with van der Waals surface area (Å²) in [6.07, 6.45) is 0. The molecule has 0 aliphatic heterocycles. The molecule has 3 nitrogen and oxygen atoms in total. The third-order valence-electron chi connectivity index (χ3n) is 3.75. The molecular weight excluding hydrogens is 290 g/mol. The number of rotatable bonds is 2. The number of nitrogen functional groups attached to an aromatic ring is 1. The zero-order valence-electron chi connectivity index (χ0n) is 12.4. The first-order chi connectivity index (χ1) is 10.6. The molecule has 0 spiro atoms. The molecule has 1 aromatic carbocycles. The van der Waals surface area contributed by atoms with Gasteiger partial charge < -0.3 is 5.73 Å². The zero-order valence-corrected chi connectivity index (χ0v) is 13.2. The molecule has 0 aliphatic rings. The molecule has 22 heavy (non-hydrogen) atoms. The van der Waals surface area contributed by atoms with Crippen molar-refractivity contribution in [1.82, 2.24) is 4.98 Å². The molecule has 4 heteroatoms. The highest BCUT2D eigenvalue weighted by molar-refractivity contribution is 7.13. The van der Waals surface area contributed by atoms with Crippen molar-refractivity contribution >= 4 is 17.2 Å². The first-order valence-corrected chi connectivity index (χ1v) is 7.80. The van der Waals surface area contributed by atoms with E-state index in [2.05, 4.69) is 37.0 Å². The molecular formula is C18H15N3S. The topological polar surface area (TPSA) is 62.7 Å². The summed E-state index contributed by atoms with van der Waals surface area (Å²) in [7, 11) is 0. The Kier molecular flexibility index (Phi) is 3.66. The van der Waals surface area contributed by atoms with Crippen LogP contribution in [0.25, 0.3) is 21.7 Å². The van der Waals surface area contributed by atoms with Gasteiger partial charge in [-0.1, -0.05) is 18.2 Å². The van der Waals surface area contributed by atoms with Gasteiger partial charge in [-0.3, -0.25) is 0 Å². The van der Waals surface area contributed by atoms with E-state index in [1.54, 1.807) is 11.3 Å². The van der Waals surface area contributed by atoms with Gasteiger partial charge in [-0.15, -0.1) is 11.3 Å². The maximum absolute atomic E-state index is 9.37. The first-order valence-electron chi connectivity index (χ1n) is 6.92. The van der Waals surface area contributed by atoms with Crippen LogP contribution in [0.15, 0.2) is 41.8 Å². The van der Waals surface area contributed by atoms with Gasteiger partial charge in [0, 0.05) is 16.0 Å². The first kappa shape index (κ1) is 14.3. The van der Waals surface area contributed by atoms with Gasteiger partial charge in [0.25, 0.3) is 0 Å². The van der Waals surface area contributed by atoms with Crippen LogP contribution < -0.4 is 5.73 Å². The van der Waals surface area contributed by atoms with Gasteiger partial charge in [0.15, 0.2) is 0 Å². The molecule has 0 bridgehead atoms. The Labute approximate surface area is 133 Å². The summed E-state index contributed by atoms with van der Waals surface area (Å²) >= 11 is 1.59. The van der Waals surface area contributed by atoms with Gasteiger partial charge in [-0.2, -0.15) is 5.26 Å². The fraction of sp³-hybridized carbons (Fsp3) is 0.111. The van der Waals surface area contributed by atoms with Gasteiger partial charge in [-0.05, 0) is 48.6 Å². The van der Waals surface area contributed by atoms with Crippen LogP contribution in [0.3, 0.4) is 0 Å². The highest BCUT2D eigenvalue weighted by Crippen LogP contribution is 2.33. The van der Waals surface area contributed by atoms with Crippen molar-refractivity contribution in [2.24, 2.45) is 0 Å². The molecule has 0 aliphatic carbocycles. The van der Waals surface area contributed by atoms with Crippen LogP contribution in [0, 0.1) is 25.2 Å². The fourth-order valence-corrected chi connectivity index (χ4v) is 3.11. The normalized spacial score (nSPS) is 10.4. The minimum absolute atomic E-state index is 0.279. The number of aromatic nitrogens is 1. The van der Waals surface area contributed by atoms with Crippen molar-refractivity contribution in [3.63, 3.8) is 0 Å².